The number of aromatic nitrogens is 1. The first-order valence-electron chi connectivity index (χ1n) is 9.04. The predicted molar refractivity (Wildman–Crippen MR) is 99.5 cm³/mol. The van der Waals surface area contributed by atoms with Crippen LogP contribution in [0.25, 0.3) is 0 Å². The number of hydrogen-bond acceptors (Lipinski definition) is 3. The summed E-state index contributed by atoms with van der Waals surface area (Å²) in [5, 5.41) is 3.29. The maximum absolute atomic E-state index is 12.5. The van der Waals surface area contributed by atoms with Gasteiger partial charge in [0.15, 0.2) is 0 Å². The summed E-state index contributed by atoms with van der Waals surface area (Å²) in [6.07, 6.45) is 5.63. The molecule has 0 aliphatic carbocycles. The molecule has 1 aliphatic rings. The number of amides is 2. The molecule has 0 radical (unpaired) electrons. The molecule has 2 amide bonds. The van der Waals surface area contributed by atoms with Crippen molar-refractivity contribution in [1.82, 2.24) is 15.2 Å². The van der Waals surface area contributed by atoms with Crippen molar-refractivity contribution in [3.05, 3.63) is 29.0 Å². The van der Waals surface area contributed by atoms with E-state index in [2.05, 4.69) is 31.1 Å². The Labute approximate surface area is 155 Å². The standard InChI is InChI=1S/C19H28ClN3O2/c1-13(2)14(3)9-18(24)23-8-4-5-15(12-23)10-22-19(25)16-6-7-21-11-17(16)20/h6-7,11,13-15H,4-5,8-10,12H2,1-3H3,(H,22,25)/t14-,15-/m0/s1. The summed E-state index contributed by atoms with van der Waals surface area (Å²) in [5.41, 5.74) is 0.436. The molecule has 25 heavy (non-hydrogen) atoms. The lowest BCUT2D eigenvalue weighted by molar-refractivity contribution is -0.134. The molecular formula is C19H28ClN3O2. The summed E-state index contributed by atoms with van der Waals surface area (Å²) in [6, 6.07) is 1.61. The van der Waals surface area contributed by atoms with Crippen LogP contribution in [-0.2, 0) is 4.79 Å². The van der Waals surface area contributed by atoms with Gasteiger partial charge >= 0.3 is 0 Å². The highest BCUT2D eigenvalue weighted by molar-refractivity contribution is 6.33. The van der Waals surface area contributed by atoms with Crippen molar-refractivity contribution < 1.29 is 9.59 Å². The van der Waals surface area contributed by atoms with Crippen molar-refractivity contribution in [1.29, 1.82) is 0 Å². The fourth-order valence-corrected chi connectivity index (χ4v) is 3.20. The van der Waals surface area contributed by atoms with E-state index in [1.165, 1.54) is 6.20 Å². The minimum atomic E-state index is -0.190. The number of halogens is 1. The lowest BCUT2D eigenvalue weighted by atomic mass is 9.92. The average Bonchev–Trinajstić information content (AvgIpc) is 2.60. The molecule has 0 aromatic carbocycles. The molecule has 1 fully saturated rings. The molecule has 0 saturated carbocycles. The van der Waals surface area contributed by atoms with Crippen LogP contribution in [0.1, 0.15) is 50.4 Å². The first-order valence-corrected chi connectivity index (χ1v) is 9.41. The number of piperidine rings is 1. The van der Waals surface area contributed by atoms with E-state index in [4.69, 9.17) is 11.6 Å². The Kier molecular flexibility index (Phi) is 7.24. The highest BCUT2D eigenvalue weighted by Gasteiger charge is 2.25. The lowest BCUT2D eigenvalue weighted by Crippen LogP contribution is -2.44. The van der Waals surface area contributed by atoms with Crippen LogP contribution >= 0.6 is 11.6 Å². The van der Waals surface area contributed by atoms with Gasteiger partial charge in [0, 0.05) is 38.4 Å². The predicted octanol–water partition coefficient (Wildman–Crippen LogP) is 3.39. The third-order valence-corrected chi connectivity index (χ3v) is 5.38. The Balaban J connectivity index is 1.84. The zero-order valence-corrected chi connectivity index (χ0v) is 16.1. The second kappa shape index (κ2) is 9.18. The number of carbonyl (C=O) groups is 2. The van der Waals surface area contributed by atoms with Crippen LogP contribution in [0, 0.1) is 17.8 Å². The van der Waals surface area contributed by atoms with Crippen molar-refractivity contribution in [3.8, 4) is 0 Å². The van der Waals surface area contributed by atoms with Gasteiger partial charge in [-0.2, -0.15) is 0 Å². The largest absolute Gasteiger partial charge is 0.352 e. The van der Waals surface area contributed by atoms with E-state index in [9.17, 15) is 9.59 Å². The van der Waals surface area contributed by atoms with Crippen LogP contribution in [0.4, 0.5) is 0 Å². The molecule has 1 aromatic heterocycles. The maximum Gasteiger partial charge on any atom is 0.252 e. The molecule has 5 nitrogen and oxygen atoms in total. The van der Waals surface area contributed by atoms with Crippen LogP contribution < -0.4 is 5.32 Å². The fourth-order valence-electron chi connectivity index (χ4n) is 2.99. The van der Waals surface area contributed by atoms with Crippen molar-refractivity contribution in [3.63, 3.8) is 0 Å². The van der Waals surface area contributed by atoms with Gasteiger partial charge in [-0.05, 0) is 36.7 Å². The highest BCUT2D eigenvalue weighted by Crippen LogP contribution is 2.21. The van der Waals surface area contributed by atoms with Gasteiger partial charge in [0.1, 0.15) is 0 Å². The van der Waals surface area contributed by atoms with Crippen molar-refractivity contribution in [2.45, 2.75) is 40.0 Å². The normalized spacial score (nSPS) is 18.9. The van der Waals surface area contributed by atoms with Crippen LogP contribution in [0.5, 0.6) is 0 Å². The molecule has 138 valence electrons. The average molecular weight is 366 g/mol. The second-order valence-electron chi connectivity index (χ2n) is 7.34. The summed E-state index contributed by atoms with van der Waals surface area (Å²) in [4.78, 5) is 30.6. The van der Waals surface area contributed by atoms with Crippen molar-refractivity contribution in [2.24, 2.45) is 17.8 Å². The van der Waals surface area contributed by atoms with Crippen molar-refractivity contribution >= 4 is 23.4 Å². The van der Waals surface area contributed by atoms with Gasteiger partial charge in [0.2, 0.25) is 5.91 Å². The molecule has 0 unspecified atom stereocenters. The van der Waals surface area contributed by atoms with Crippen LogP contribution in [-0.4, -0.2) is 41.3 Å². The molecule has 2 rings (SSSR count). The first kappa shape index (κ1) is 19.7. The van der Waals surface area contributed by atoms with Gasteiger partial charge in [-0.25, -0.2) is 0 Å². The number of nitrogens with zero attached hydrogens (tertiary/aromatic N) is 2. The van der Waals surface area contributed by atoms with Crippen molar-refractivity contribution in [2.75, 3.05) is 19.6 Å². The van der Waals surface area contributed by atoms with Gasteiger partial charge in [-0.15, -0.1) is 0 Å². The molecular weight excluding hydrogens is 338 g/mol. The summed E-state index contributed by atoms with van der Waals surface area (Å²) in [6.45, 7) is 8.52. The molecule has 0 spiro atoms. The number of carbonyl (C=O) groups excluding carboxylic acids is 2. The summed E-state index contributed by atoms with van der Waals surface area (Å²) >= 11 is 6.00. The molecule has 1 saturated heterocycles. The molecule has 2 heterocycles. The SMILES string of the molecule is CC(C)[C@@H](C)CC(=O)N1CCC[C@@H](CNC(=O)c2ccncc2Cl)C1. The van der Waals surface area contributed by atoms with E-state index < -0.39 is 0 Å². The lowest BCUT2D eigenvalue weighted by Gasteiger charge is -2.34. The van der Waals surface area contributed by atoms with E-state index >= 15 is 0 Å². The summed E-state index contributed by atoms with van der Waals surface area (Å²) < 4.78 is 0. The monoisotopic (exact) mass is 365 g/mol. The number of pyridine rings is 1. The zero-order valence-electron chi connectivity index (χ0n) is 15.3. The van der Waals surface area contributed by atoms with E-state index in [0.29, 0.717) is 41.9 Å². The third kappa shape index (κ3) is 5.70. The van der Waals surface area contributed by atoms with E-state index in [1.807, 2.05) is 4.90 Å². The van der Waals surface area contributed by atoms with Gasteiger partial charge in [-0.1, -0.05) is 32.4 Å². The first-order chi connectivity index (χ1) is 11.9. The van der Waals surface area contributed by atoms with E-state index in [0.717, 1.165) is 19.4 Å². The van der Waals surface area contributed by atoms with E-state index in [1.54, 1.807) is 12.3 Å². The summed E-state index contributed by atoms with van der Waals surface area (Å²) in [5.74, 6) is 1.23. The zero-order chi connectivity index (χ0) is 18.4. The molecule has 0 bridgehead atoms. The number of hydrogen-bond donors (Lipinski definition) is 1. The van der Waals surface area contributed by atoms with Crippen LogP contribution in [0.15, 0.2) is 18.5 Å². The van der Waals surface area contributed by atoms with E-state index in [-0.39, 0.29) is 17.7 Å². The second-order valence-corrected chi connectivity index (χ2v) is 7.75. The molecule has 1 aromatic rings. The Hall–Kier alpha value is -1.62. The van der Waals surface area contributed by atoms with Gasteiger partial charge < -0.3 is 10.2 Å². The third-order valence-electron chi connectivity index (χ3n) is 5.07. The number of likely N-dealkylation sites (tertiary alicyclic amines) is 1. The Morgan fingerprint density at radius 2 is 2.16 bits per heavy atom. The Morgan fingerprint density at radius 1 is 1.40 bits per heavy atom. The summed E-state index contributed by atoms with van der Waals surface area (Å²) in [7, 11) is 0. The topological polar surface area (TPSA) is 62.3 Å². The Bertz CT molecular complexity index is 606. The minimum absolute atomic E-state index is 0.190. The fraction of sp³-hybridized carbons (Fsp3) is 0.632. The Morgan fingerprint density at radius 3 is 2.84 bits per heavy atom. The van der Waals surface area contributed by atoms with Crippen LogP contribution in [0.3, 0.4) is 0 Å². The minimum Gasteiger partial charge on any atom is -0.352 e. The quantitative estimate of drug-likeness (QED) is 0.840. The smallest absolute Gasteiger partial charge is 0.252 e. The number of rotatable bonds is 6. The maximum atomic E-state index is 12.5. The van der Waals surface area contributed by atoms with Gasteiger partial charge in [0.25, 0.3) is 5.91 Å². The molecule has 1 N–H and O–H groups in total. The van der Waals surface area contributed by atoms with Gasteiger partial charge in [0.05, 0.1) is 10.6 Å². The number of nitrogens with one attached hydrogen (secondary N) is 1. The highest BCUT2D eigenvalue weighted by atomic mass is 35.5. The van der Waals surface area contributed by atoms with Gasteiger partial charge in [-0.3, -0.25) is 14.6 Å². The van der Waals surface area contributed by atoms with Crippen LogP contribution in [0.2, 0.25) is 5.02 Å². The molecule has 1 aliphatic heterocycles. The molecule has 2 atom stereocenters. The molecule has 6 heteroatoms.